The third kappa shape index (κ3) is 3.58. The lowest BCUT2D eigenvalue weighted by Crippen LogP contribution is -2.34. The van der Waals surface area contributed by atoms with E-state index in [0.29, 0.717) is 11.1 Å². The molecular weight excluding hydrogens is 384 g/mol. The van der Waals surface area contributed by atoms with Crippen molar-refractivity contribution in [1.82, 2.24) is 4.90 Å². The first kappa shape index (κ1) is 19.8. The van der Waals surface area contributed by atoms with E-state index >= 15 is 0 Å². The topological polar surface area (TPSA) is 84.0 Å². The molecule has 0 radical (unpaired) electrons. The average Bonchev–Trinajstić information content (AvgIpc) is 3.27. The monoisotopic (exact) mass is 406 g/mol. The van der Waals surface area contributed by atoms with Gasteiger partial charge in [-0.2, -0.15) is 0 Å². The molecule has 2 aromatic rings. The van der Waals surface area contributed by atoms with Gasteiger partial charge in [-0.15, -0.1) is 0 Å². The van der Waals surface area contributed by atoms with Crippen molar-refractivity contribution in [2.45, 2.75) is 19.8 Å². The summed E-state index contributed by atoms with van der Waals surface area (Å²) in [7, 11) is 0. The summed E-state index contributed by atoms with van der Waals surface area (Å²) in [5.41, 5.74) is 2.66. The van der Waals surface area contributed by atoms with Gasteiger partial charge in [-0.25, -0.2) is 0 Å². The van der Waals surface area contributed by atoms with Gasteiger partial charge in [0, 0.05) is 18.7 Å². The average molecular weight is 406 g/mol. The summed E-state index contributed by atoms with van der Waals surface area (Å²) in [5.74, 6) is -1.95. The molecule has 7 nitrogen and oxygen atoms in total. The number of nitrogens with zero attached hydrogens (tertiary/aromatic N) is 2. The minimum absolute atomic E-state index is 0.0129. The number of esters is 1. The number of hydrogen-bond acceptors (Lipinski definition) is 5. The Hall–Kier alpha value is -3.48. The van der Waals surface area contributed by atoms with Crippen molar-refractivity contribution in [3.05, 3.63) is 65.2 Å². The summed E-state index contributed by atoms with van der Waals surface area (Å²) in [6, 6.07) is 14.3. The SMILES string of the molecule is CCc1ccc(N2C[C@@H](C(=O)OCCN3C(=O)c4ccccc4C3=O)CC2=O)cc1. The highest BCUT2D eigenvalue weighted by atomic mass is 16.5. The van der Waals surface area contributed by atoms with Gasteiger partial charge >= 0.3 is 5.97 Å². The van der Waals surface area contributed by atoms with E-state index in [-0.39, 0.29) is 43.8 Å². The number of fused-ring (bicyclic) bond motifs is 1. The number of rotatable bonds is 6. The van der Waals surface area contributed by atoms with E-state index in [2.05, 4.69) is 6.92 Å². The van der Waals surface area contributed by atoms with Gasteiger partial charge in [-0.3, -0.25) is 24.1 Å². The fourth-order valence-electron chi connectivity index (χ4n) is 3.82. The molecule has 1 fully saturated rings. The number of amides is 3. The Balaban J connectivity index is 1.31. The molecular formula is C23H22N2O5. The quantitative estimate of drug-likeness (QED) is 0.544. The van der Waals surface area contributed by atoms with Crippen LogP contribution in [0.15, 0.2) is 48.5 Å². The van der Waals surface area contributed by atoms with Crippen LogP contribution < -0.4 is 4.90 Å². The number of anilines is 1. The van der Waals surface area contributed by atoms with E-state index in [4.69, 9.17) is 4.74 Å². The summed E-state index contributed by atoms with van der Waals surface area (Å²) < 4.78 is 5.29. The minimum Gasteiger partial charge on any atom is -0.464 e. The third-order valence-corrected chi connectivity index (χ3v) is 5.55. The van der Waals surface area contributed by atoms with E-state index in [1.807, 2.05) is 24.3 Å². The molecule has 2 aliphatic heterocycles. The zero-order valence-electron chi connectivity index (χ0n) is 16.7. The maximum absolute atomic E-state index is 12.4. The molecule has 2 heterocycles. The Kier molecular flexibility index (Phi) is 5.35. The molecule has 3 amide bonds. The lowest BCUT2D eigenvalue weighted by Gasteiger charge is -2.17. The molecule has 4 rings (SSSR count). The van der Waals surface area contributed by atoms with Crippen molar-refractivity contribution in [2.24, 2.45) is 5.92 Å². The van der Waals surface area contributed by atoms with Gasteiger partial charge in [0.2, 0.25) is 5.91 Å². The molecule has 1 saturated heterocycles. The second kappa shape index (κ2) is 8.10. The standard InChI is InChI=1S/C23H22N2O5/c1-2-15-7-9-17(10-8-15)25-14-16(13-20(25)26)23(29)30-12-11-24-21(27)18-5-3-4-6-19(18)22(24)28/h3-10,16H,2,11-14H2,1H3/t16-/m0/s1. The van der Waals surface area contributed by atoms with E-state index in [9.17, 15) is 19.2 Å². The normalized spacial score (nSPS) is 18.2. The first-order valence-corrected chi connectivity index (χ1v) is 10.0. The summed E-state index contributed by atoms with van der Waals surface area (Å²) in [6.45, 7) is 2.21. The first-order valence-electron chi connectivity index (χ1n) is 10.0. The van der Waals surface area contributed by atoms with Crippen molar-refractivity contribution >= 4 is 29.4 Å². The Morgan fingerprint density at radius 1 is 1.00 bits per heavy atom. The number of imide groups is 1. The molecule has 0 N–H and O–H groups in total. The van der Waals surface area contributed by atoms with E-state index < -0.39 is 11.9 Å². The lowest BCUT2D eigenvalue weighted by atomic mass is 10.1. The summed E-state index contributed by atoms with van der Waals surface area (Å²) >= 11 is 0. The smallest absolute Gasteiger partial charge is 0.311 e. The number of aryl methyl sites for hydroxylation is 1. The maximum Gasteiger partial charge on any atom is 0.311 e. The Morgan fingerprint density at radius 3 is 2.23 bits per heavy atom. The van der Waals surface area contributed by atoms with Crippen LogP contribution in [-0.2, 0) is 20.7 Å². The molecule has 7 heteroatoms. The van der Waals surface area contributed by atoms with Crippen molar-refractivity contribution in [1.29, 1.82) is 0 Å². The van der Waals surface area contributed by atoms with Crippen LogP contribution in [0.25, 0.3) is 0 Å². The Morgan fingerprint density at radius 2 is 1.63 bits per heavy atom. The molecule has 0 bridgehead atoms. The van der Waals surface area contributed by atoms with Crippen LogP contribution in [0.5, 0.6) is 0 Å². The maximum atomic E-state index is 12.4. The molecule has 1 atom stereocenters. The highest BCUT2D eigenvalue weighted by Crippen LogP contribution is 2.26. The predicted molar refractivity (Wildman–Crippen MR) is 109 cm³/mol. The molecule has 2 aliphatic rings. The molecule has 0 saturated carbocycles. The summed E-state index contributed by atoms with van der Waals surface area (Å²) in [5, 5.41) is 0. The van der Waals surface area contributed by atoms with Gasteiger partial charge in [0.25, 0.3) is 11.8 Å². The van der Waals surface area contributed by atoms with Gasteiger partial charge in [-0.1, -0.05) is 31.2 Å². The highest BCUT2D eigenvalue weighted by molar-refractivity contribution is 6.21. The largest absolute Gasteiger partial charge is 0.464 e. The molecule has 30 heavy (non-hydrogen) atoms. The Labute approximate surface area is 174 Å². The van der Waals surface area contributed by atoms with Crippen molar-refractivity contribution in [3.8, 4) is 0 Å². The lowest BCUT2D eigenvalue weighted by molar-refractivity contribution is -0.148. The number of carbonyl (C=O) groups is 4. The van der Waals surface area contributed by atoms with Crippen LogP contribution in [0, 0.1) is 5.92 Å². The molecule has 154 valence electrons. The fraction of sp³-hybridized carbons (Fsp3) is 0.304. The third-order valence-electron chi connectivity index (χ3n) is 5.55. The predicted octanol–water partition coefficient (Wildman–Crippen LogP) is 2.44. The number of ether oxygens (including phenoxy) is 1. The zero-order chi connectivity index (χ0) is 21.3. The summed E-state index contributed by atoms with van der Waals surface area (Å²) in [4.78, 5) is 52.2. The van der Waals surface area contributed by atoms with Crippen molar-refractivity contribution in [3.63, 3.8) is 0 Å². The molecule has 0 aliphatic carbocycles. The molecule has 0 unspecified atom stereocenters. The van der Waals surface area contributed by atoms with Gasteiger partial charge in [0.15, 0.2) is 0 Å². The van der Waals surface area contributed by atoms with Crippen LogP contribution in [0.3, 0.4) is 0 Å². The van der Waals surface area contributed by atoms with Gasteiger partial charge in [-0.05, 0) is 36.2 Å². The van der Waals surface area contributed by atoms with Crippen LogP contribution in [-0.4, -0.2) is 48.3 Å². The van der Waals surface area contributed by atoms with Crippen LogP contribution >= 0.6 is 0 Å². The highest BCUT2D eigenvalue weighted by Gasteiger charge is 2.37. The number of hydrogen-bond donors (Lipinski definition) is 0. The van der Waals surface area contributed by atoms with Gasteiger partial charge in [0.1, 0.15) is 6.61 Å². The minimum atomic E-state index is -0.564. The zero-order valence-corrected chi connectivity index (χ0v) is 16.7. The van der Waals surface area contributed by atoms with Gasteiger partial charge in [0.05, 0.1) is 23.6 Å². The molecule has 2 aromatic carbocycles. The molecule has 0 spiro atoms. The van der Waals surface area contributed by atoms with Crippen LogP contribution in [0.1, 0.15) is 39.6 Å². The number of benzene rings is 2. The van der Waals surface area contributed by atoms with Crippen molar-refractivity contribution < 1.29 is 23.9 Å². The second-order valence-corrected chi connectivity index (χ2v) is 7.40. The molecule has 0 aromatic heterocycles. The second-order valence-electron chi connectivity index (χ2n) is 7.40. The van der Waals surface area contributed by atoms with E-state index in [1.54, 1.807) is 29.2 Å². The van der Waals surface area contributed by atoms with Crippen LogP contribution in [0.2, 0.25) is 0 Å². The summed E-state index contributed by atoms with van der Waals surface area (Å²) in [6.07, 6.45) is 0.998. The van der Waals surface area contributed by atoms with Crippen LogP contribution in [0.4, 0.5) is 5.69 Å². The van der Waals surface area contributed by atoms with Gasteiger partial charge < -0.3 is 9.64 Å². The fourth-order valence-corrected chi connectivity index (χ4v) is 3.82. The first-order chi connectivity index (χ1) is 14.5. The van der Waals surface area contributed by atoms with Crippen molar-refractivity contribution in [2.75, 3.05) is 24.6 Å². The number of carbonyl (C=O) groups excluding carboxylic acids is 4. The van der Waals surface area contributed by atoms with E-state index in [1.165, 1.54) is 5.56 Å². The van der Waals surface area contributed by atoms with E-state index in [0.717, 1.165) is 17.0 Å². The Bertz CT molecular complexity index is 980.